The molecule has 0 aliphatic carbocycles. The summed E-state index contributed by atoms with van der Waals surface area (Å²) in [5, 5.41) is 10.9. The molecule has 2 aromatic heterocycles. The summed E-state index contributed by atoms with van der Waals surface area (Å²) in [5.74, 6) is -1.47. The zero-order valence-corrected chi connectivity index (χ0v) is 26.4. The number of halogens is 3. The Kier molecular flexibility index (Phi) is 9.05. The van der Waals surface area contributed by atoms with Gasteiger partial charge in [-0.15, -0.1) is 0 Å². The van der Waals surface area contributed by atoms with Gasteiger partial charge in [0.1, 0.15) is 34.4 Å². The predicted octanol–water partition coefficient (Wildman–Crippen LogP) is 9.65. The fourth-order valence-electron chi connectivity index (χ4n) is 6.16. The lowest BCUT2D eigenvalue weighted by atomic mass is 9.99. The Morgan fingerprint density at radius 1 is 0.673 bits per heavy atom. The Morgan fingerprint density at radius 3 is 1.92 bits per heavy atom. The Labute approximate surface area is 280 Å². The van der Waals surface area contributed by atoms with Crippen molar-refractivity contribution in [1.29, 1.82) is 0 Å². The van der Waals surface area contributed by atoms with E-state index in [1.165, 1.54) is 18.2 Å². The van der Waals surface area contributed by atoms with Crippen molar-refractivity contribution in [3.63, 3.8) is 0 Å². The lowest BCUT2D eigenvalue weighted by Crippen LogP contribution is -2.49. The predicted molar refractivity (Wildman–Crippen MR) is 183 cm³/mol. The van der Waals surface area contributed by atoms with Crippen LogP contribution in [0.2, 0.25) is 0 Å². The third-order valence-corrected chi connectivity index (χ3v) is 8.81. The first-order valence-corrected chi connectivity index (χ1v) is 16.0. The van der Waals surface area contributed by atoms with Crippen molar-refractivity contribution in [1.82, 2.24) is 4.90 Å². The van der Waals surface area contributed by atoms with E-state index in [2.05, 4.69) is 0 Å². The van der Waals surface area contributed by atoms with Crippen molar-refractivity contribution in [2.24, 2.45) is 5.92 Å². The van der Waals surface area contributed by atoms with Gasteiger partial charge in [0, 0.05) is 43.2 Å². The highest BCUT2D eigenvalue weighted by Gasteiger charge is 2.32. The first kappa shape index (κ1) is 32.0. The topological polar surface area (TPSA) is 66.8 Å². The van der Waals surface area contributed by atoms with Crippen LogP contribution in [-0.2, 0) is 24.2 Å². The van der Waals surface area contributed by atoms with E-state index in [1.54, 1.807) is 36.6 Å². The summed E-state index contributed by atoms with van der Waals surface area (Å²) in [6.45, 7) is 1.48. The largest absolute Gasteiger partial charge is 0.481 e. The molecule has 1 saturated heterocycles. The van der Waals surface area contributed by atoms with Gasteiger partial charge >= 0.3 is 5.97 Å². The molecule has 8 heteroatoms. The summed E-state index contributed by atoms with van der Waals surface area (Å²) < 4.78 is 53.5. The van der Waals surface area contributed by atoms with Gasteiger partial charge in [-0.3, -0.25) is 9.69 Å². The van der Waals surface area contributed by atoms with Gasteiger partial charge in [0.05, 0.1) is 17.7 Å². The van der Waals surface area contributed by atoms with Crippen LogP contribution in [0.5, 0.6) is 0 Å². The number of carboxylic acid groups (broad SMARTS) is 1. The molecule has 1 aliphatic rings. The van der Waals surface area contributed by atoms with Gasteiger partial charge in [0.15, 0.2) is 0 Å². The van der Waals surface area contributed by atoms with Crippen LogP contribution in [0.1, 0.15) is 27.8 Å². The van der Waals surface area contributed by atoms with Crippen LogP contribution >= 0.6 is 0 Å². The van der Waals surface area contributed by atoms with E-state index in [0.29, 0.717) is 54.9 Å². The number of hydrogen-bond acceptors (Lipinski definition) is 4. The normalized spacial score (nSPS) is 13.3. The van der Waals surface area contributed by atoms with Gasteiger partial charge in [-0.1, -0.05) is 54.6 Å². The van der Waals surface area contributed by atoms with Crippen LogP contribution < -0.4 is 0 Å². The summed E-state index contributed by atoms with van der Waals surface area (Å²) in [6.07, 6.45) is 2.73. The second-order valence-corrected chi connectivity index (χ2v) is 12.4. The van der Waals surface area contributed by atoms with E-state index in [-0.39, 0.29) is 23.4 Å². The first-order valence-electron chi connectivity index (χ1n) is 16.0. The van der Waals surface area contributed by atoms with E-state index in [1.807, 2.05) is 71.6 Å². The van der Waals surface area contributed by atoms with Gasteiger partial charge in [-0.25, -0.2) is 13.2 Å². The van der Waals surface area contributed by atoms with Crippen molar-refractivity contribution in [3.05, 3.63) is 167 Å². The number of rotatable bonds is 8. The monoisotopic (exact) mass is 659 g/mol. The molecular weight excluding hydrogens is 627 g/mol. The number of hydrogen-bond donors (Lipinski definition) is 1. The Balaban J connectivity index is 0.000000186. The maximum absolute atomic E-state index is 14.8. The van der Waals surface area contributed by atoms with E-state index >= 15 is 0 Å². The van der Waals surface area contributed by atoms with E-state index < -0.39 is 5.97 Å². The Bertz CT molecular complexity index is 2270. The van der Waals surface area contributed by atoms with Gasteiger partial charge in [-0.2, -0.15) is 0 Å². The van der Waals surface area contributed by atoms with Crippen LogP contribution in [0.25, 0.3) is 33.3 Å². The minimum absolute atomic E-state index is 0.153. The second-order valence-electron chi connectivity index (χ2n) is 12.4. The third-order valence-electron chi connectivity index (χ3n) is 8.81. The fourth-order valence-corrected chi connectivity index (χ4v) is 6.16. The maximum Gasteiger partial charge on any atom is 0.309 e. The van der Waals surface area contributed by atoms with Crippen molar-refractivity contribution in [3.8, 4) is 11.3 Å². The quantitative estimate of drug-likeness (QED) is 0.176. The number of carbonyl (C=O) groups is 1. The lowest BCUT2D eigenvalue weighted by molar-refractivity contribution is -0.147. The maximum atomic E-state index is 14.8. The minimum atomic E-state index is -0.787. The Morgan fingerprint density at radius 2 is 1.29 bits per heavy atom. The van der Waals surface area contributed by atoms with Crippen molar-refractivity contribution in [2.75, 3.05) is 13.1 Å². The average Bonchev–Trinajstić information content (AvgIpc) is 3.71. The molecule has 49 heavy (non-hydrogen) atoms. The van der Waals surface area contributed by atoms with Crippen molar-refractivity contribution in [2.45, 2.75) is 19.4 Å². The number of nitrogens with zero attached hydrogens (tertiary/aromatic N) is 1. The molecule has 0 amide bonds. The fraction of sp³-hybridized carbons (Fsp3) is 0.146. The zero-order chi connectivity index (χ0) is 33.9. The van der Waals surface area contributed by atoms with E-state index in [0.717, 1.165) is 38.6 Å². The molecule has 7 aromatic rings. The summed E-state index contributed by atoms with van der Waals surface area (Å²) in [6, 6.07) is 33.8. The van der Waals surface area contributed by atoms with Crippen LogP contribution in [0.3, 0.4) is 0 Å². The molecule has 0 radical (unpaired) electrons. The standard InChI is InChI=1S/C26H21F2NO3.C15H11FO/c27-22-4-2-1-3-18(22)9-16-6-8-24-19(10-16)12-25(32-24)21-7-5-17(11-23(21)28)13-29-14-20(15-29)26(30)31;16-14-4-2-1-3-12(14)9-11-5-6-15-13(10-11)7-8-17-15/h1-8,10-12,20H,9,13-15H2,(H,30,31);1-8,10H,9H2. The van der Waals surface area contributed by atoms with Crippen LogP contribution in [0, 0.1) is 23.4 Å². The molecule has 3 heterocycles. The van der Waals surface area contributed by atoms with Crippen LogP contribution in [-0.4, -0.2) is 29.1 Å². The number of fused-ring (bicyclic) bond motifs is 2. The number of furan rings is 2. The van der Waals surface area contributed by atoms with Gasteiger partial charge < -0.3 is 13.9 Å². The molecule has 5 nitrogen and oxygen atoms in total. The molecule has 246 valence electrons. The smallest absolute Gasteiger partial charge is 0.309 e. The second kappa shape index (κ2) is 13.9. The molecule has 1 aliphatic heterocycles. The molecule has 0 unspecified atom stereocenters. The average molecular weight is 660 g/mol. The molecule has 1 N–H and O–H groups in total. The molecule has 8 rings (SSSR count). The van der Waals surface area contributed by atoms with Gasteiger partial charge in [-0.05, 0) is 88.5 Å². The van der Waals surface area contributed by atoms with Crippen LogP contribution in [0.15, 0.2) is 130 Å². The van der Waals surface area contributed by atoms with Crippen LogP contribution in [0.4, 0.5) is 13.2 Å². The SMILES string of the molecule is Fc1ccccc1Cc1ccc2occc2c1.O=C(O)C1CN(Cc2ccc(-c3cc4cc(Cc5ccccc5F)ccc4o3)c(F)c2)C1. The van der Waals surface area contributed by atoms with Crippen molar-refractivity contribution >= 4 is 27.9 Å². The first-order chi connectivity index (χ1) is 23.8. The third kappa shape index (κ3) is 7.29. The summed E-state index contributed by atoms with van der Waals surface area (Å²) in [7, 11) is 0. The molecule has 5 aromatic carbocycles. The molecule has 0 spiro atoms. The van der Waals surface area contributed by atoms with Crippen molar-refractivity contribution < 1.29 is 31.9 Å². The summed E-state index contributed by atoms with van der Waals surface area (Å²) in [4.78, 5) is 12.9. The van der Waals surface area contributed by atoms with Gasteiger partial charge in [0.25, 0.3) is 0 Å². The number of benzene rings is 5. The number of aliphatic carboxylic acids is 1. The summed E-state index contributed by atoms with van der Waals surface area (Å²) >= 11 is 0. The highest BCUT2D eigenvalue weighted by atomic mass is 19.1. The molecular formula is C41H32F3NO4. The highest BCUT2D eigenvalue weighted by molar-refractivity contribution is 5.83. The molecule has 0 saturated carbocycles. The summed E-state index contributed by atoms with van der Waals surface area (Å²) in [5.41, 5.74) is 6.03. The molecule has 1 fully saturated rings. The highest BCUT2D eigenvalue weighted by Crippen LogP contribution is 2.32. The minimum Gasteiger partial charge on any atom is -0.481 e. The Hall–Kier alpha value is -5.60. The van der Waals surface area contributed by atoms with Gasteiger partial charge in [0.2, 0.25) is 0 Å². The molecule has 0 atom stereocenters. The zero-order valence-electron chi connectivity index (χ0n) is 26.4. The number of likely N-dealkylation sites (tertiary alicyclic amines) is 1. The molecule has 0 bridgehead atoms. The number of carboxylic acids is 1. The van der Waals surface area contributed by atoms with E-state index in [4.69, 9.17) is 13.9 Å². The van der Waals surface area contributed by atoms with E-state index in [9.17, 15) is 18.0 Å². The lowest BCUT2D eigenvalue weighted by Gasteiger charge is -2.36.